The maximum atomic E-state index is 11.7. The van der Waals surface area contributed by atoms with Gasteiger partial charge in [0.15, 0.2) is 0 Å². The van der Waals surface area contributed by atoms with E-state index in [2.05, 4.69) is 13.8 Å². The molecule has 1 unspecified atom stereocenters. The molecule has 0 aliphatic heterocycles. The van der Waals surface area contributed by atoms with E-state index in [1.807, 2.05) is 6.92 Å². The van der Waals surface area contributed by atoms with Crippen molar-refractivity contribution >= 4 is 11.9 Å². The van der Waals surface area contributed by atoms with Gasteiger partial charge in [0.05, 0.1) is 12.7 Å². The van der Waals surface area contributed by atoms with Gasteiger partial charge in [-0.2, -0.15) is 0 Å². The minimum atomic E-state index is -0.157. The van der Waals surface area contributed by atoms with Gasteiger partial charge >= 0.3 is 11.9 Å². The van der Waals surface area contributed by atoms with Crippen LogP contribution >= 0.6 is 0 Å². The predicted octanol–water partition coefficient (Wildman–Crippen LogP) is 7.52. The Hall–Kier alpha value is -1.06. The van der Waals surface area contributed by atoms with Crippen molar-refractivity contribution < 1.29 is 19.1 Å². The number of hydrogen-bond acceptors (Lipinski definition) is 4. The molecule has 0 saturated heterocycles. The lowest BCUT2D eigenvalue weighted by Crippen LogP contribution is -2.14. The Morgan fingerprint density at radius 3 is 1.62 bits per heavy atom. The molecule has 0 fully saturated rings. The van der Waals surface area contributed by atoms with Gasteiger partial charge in [0, 0.05) is 12.8 Å². The standard InChI is InChI=1S/C25H48O4/c1-4-6-7-8-9-10-11-12-13-14-15-18-22-28-24(26)20-16-17-21-25(27)29-23(3)19-5-2/h23H,4-22H2,1-3H3. The highest BCUT2D eigenvalue weighted by Gasteiger charge is 2.09. The Kier molecular flexibility index (Phi) is 20.9. The van der Waals surface area contributed by atoms with Crippen LogP contribution in [0.4, 0.5) is 0 Å². The van der Waals surface area contributed by atoms with Gasteiger partial charge in [-0.3, -0.25) is 9.59 Å². The van der Waals surface area contributed by atoms with E-state index in [0.717, 1.165) is 25.7 Å². The van der Waals surface area contributed by atoms with Crippen LogP contribution in [0.5, 0.6) is 0 Å². The molecule has 0 aromatic heterocycles. The third kappa shape index (κ3) is 21.5. The van der Waals surface area contributed by atoms with Crippen molar-refractivity contribution in [2.75, 3.05) is 6.61 Å². The SMILES string of the molecule is CCCCCCCCCCCCCCOC(=O)CCCCC(=O)OC(C)CCC. The normalized spacial score (nSPS) is 12.0. The quantitative estimate of drug-likeness (QED) is 0.144. The monoisotopic (exact) mass is 412 g/mol. The summed E-state index contributed by atoms with van der Waals surface area (Å²) in [5.41, 5.74) is 0. The average molecular weight is 413 g/mol. The lowest BCUT2D eigenvalue weighted by molar-refractivity contribution is -0.149. The van der Waals surface area contributed by atoms with Crippen molar-refractivity contribution in [1.82, 2.24) is 0 Å². The predicted molar refractivity (Wildman–Crippen MR) is 121 cm³/mol. The molecule has 172 valence electrons. The van der Waals surface area contributed by atoms with Gasteiger partial charge in [0.2, 0.25) is 0 Å². The molecule has 0 bridgehead atoms. The third-order valence-corrected chi connectivity index (χ3v) is 5.30. The lowest BCUT2D eigenvalue weighted by atomic mass is 10.1. The Balaban J connectivity index is 3.31. The van der Waals surface area contributed by atoms with E-state index < -0.39 is 0 Å². The molecule has 0 heterocycles. The summed E-state index contributed by atoms with van der Waals surface area (Å²) in [6.07, 6.45) is 19.7. The zero-order chi connectivity index (χ0) is 21.6. The fourth-order valence-electron chi connectivity index (χ4n) is 3.49. The fraction of sp³-hybridized carbons (Fsp3) is 0.920. The second kappa shape index (κ2) is 21.6. The maximum Gasteiger partial charge on any atom is 0.306 e. The molecule has 1 atom stereocenters. The molecule has 0 aliphatic rings. The van der Waals surface area contributed by atoms with Crippen LogP contribution in [0.15, 0.2) is 0 Å². The molecule has 0 amide bonds. The zero-order valence-corrected chi connectivity index (χ0v) is 19.6. The van der Waals surface area contributed by atoms with Crippen molar-refractivity contribution in [2.24, 2.45) is 0 Å². The first-order valence-electron chi connectivity index (χ1n) is 12.4. The number of rotatable bonds is 21. The minimum Gasteiger partial charge on any atom is -0.466 e. The number of ether oxygens (including phenoxy) is 2. The Labute approximate surface area is 180 Å². The van der Waals surface area contributed by atoms with Gasteiger partial charge in [0.25, 0.3) is 0 Å². The number of unbranched alkanes of at least 4 members (excludes halogenated alkanes) is 12. The zero-order valence-electron chi connectivity index (χ0n) is 19.6. The molecule has 29 heavy (non-hydrogen) atoms. The van der Waals surface area contributed by atoms with E-state index >= 15 is 0 Å². The summed E-state index contributed by atoms with van der Waals surface area (Å²) in [7, 11) is 0. The van der Waals surface area contributed by atoms with E-state index in [9.17, 15) is 9.59 Å². The molecule has 0 saturated carbocycles. The molecule has 0 rings (SSSR count). The first-order chi connectivity index (χ1) is 14.1. The van der Waals surface area contributed by atoms with Gasteiger partial charge in [-0.15, -0.1) is 0 Å². The van der Waals surface area contributed by atoms with E-state index in [-0.39, 0.29) is 18.0 Å². The average Bonchev–Trinajstić information content (AvgIpc) is 2.69. The number of hydrogen-bond donors (Lipinski definition) is 0. The highest BCUT2D eigenvalue weighted by molar-refractivity contribution is 5.70. The first-order valence-corrected chi connectivity index (χ1v) is 12.4. The molecule has 0 N–H and O–H groups in total. The van der Waals surface area contributed by atoms with Gasteiger partial charge < -0.3 is 9.47 Å². The van der Waals surface area contributed by atoms with E-state index in [1.165, 1.54) is 64.2 Å². The highest BCUT2D eigenvalue weighted by Crippen LogP contribution is 2.12. The molecule has 0 aromatic rings. The van der Waals surface area contributed by atoms with Crippen molar-refractivity contribution in [3.8, 4) is 0 Å². The van der Waals surface area contributed by atoms with Gasteiger partial charge in [-0.25, -0.2) is 0 Å². The van der Waals surface area contributed by atoms with Crippen LogP contribution < -0.4 is 0 Å². The summed E-state index contributed by atoms with van der Waals surface area (Å²) >= 11 is 0. The summed E-state index contributed by atoms with van der Waals surface area (Å²) in [5, 5.41) is 0. The summed E-state index contributed by atoms with van der Waals surface area (Å²) < 4.78 is 10.6. The highest BCUT2D eigenvalue weighted by atomic mass is 16.5. The van der Waals surface area contributed by atoms with E-state index in [1.54, 1.807) is 0 Å². The largest absolute Gasteiger partial charge is 0.466 e. The van der Waals surface area contributed by atoms with Gasteiger partial charge in [0.1, 0.15) is 0 Å². The lowest BCUT2D eigenvalue weighted by Gasteiger charge is -2.11. The molecule has 0 aliphatic carbocycles. The van der Waals surface area contributed by atoms with Crippen LogP contribution in [-0.4, -0.2) is 24.6 Å². The van der Waals surface area contributed by atoms with Gasteiger partial charge in [-0.1, -0.05) is 90.9 Å². The first kappa shape index (κ1) is 27.9. The minimum absolute atomic E-state index is 0.00647. The van der Waals surface area contributed by atoms with Crippen LogP contribution in [0.2, 0.25) is 0 Å². The number of carbonyl (C=O) groups excluding carboxylic acids is 2. The van der Waals surface area contributed by atoms with Crippen molar-refractivity contribution in [2.45, 2.75) is 142 Å². The summed E-state index contributed by atoms with van der Waals surface area (Å²) in [6, 6.07) is 0. The third-order valence-electron chi connectivity index (χ3n) is 5.30. The smallest absolute Gasteiger partial charge is 0.306 e. The van der Waals surface area contributed by atoms with Gasteiger partial charge in [-0.05, 0) is 32.6 Å². The molecular formula is C25H48O4. The fourth-order valence-corrected chi connectivity index (χ4v) is 3.49. The van der Waals surface area contributed by atoms with Crippen LogP contribution in [-0.2, 0) is 19.1 Å². The van der Waals surface area contributed by atoms with Crippen molar-refractivity contribution in [1.29, 1.82) is 0 Å². The molecule has 4 nitrogen and oxygen atoms in total. The number of esters is 2. The van der Waals surface area contributed by atoms with Crippen LogP contribution in [0.25, 0.3) is 0 Å². The van der Waals surface area contributed by atoms with E-state index in [0.29, 0.717) is 32.3 Å². The molecule has 0 spiro atoms. The van der Waals surface area contributed by atoms with Crippen LogP contribution in [0.3, 0.4) is 0 Å². The molecule has 4 heteroatoms. The molecular weight excluding hydrogens is 364 g/mol. The summed E-state index contributed by atoms with van der Waals surface area (Å²) in [5.74, 6) is -0.295. The topological polar surface area (TPSA) is 52.6 Å². The van der Waals surface area contributed by atoms with Crippen LogP contribution in [0.1, 0.15) is 136 Å². The van der Waals surface area contributed by atoms with Crippen molar-refractivity contribution in [3.63, 3.8) is 0 Å². The number of carbonyl (C=O) groups is 2. The van der Waals surface area contributed by atoms with Crippen LogP contribution in [0, 0.1) is 0 Å². The van der Waals surface area contributed by atoms with E-state index in [4.69, 9.17) is 9.47 Å². The van der Waals surface area contributed by atoms with Crippen molar-refractivity contribution in [3.05, 3.63) is 0 Å². The maximum absolute atomic E-state index is 11.7. The summed E-state index contributed by atoms with van der Waals surface area (Å²) in [4.78, 5) is 23.4. The Bertz CT molecular complexity index is 381. The Morgan fingerprint density at radius 2 is 1.10 bits per heavy atom. The second-order valence-electron chi connectivity index (χ2n) is 8.41. The summed E-state index contributed by atoms with van der Waals surface area (Å²) in [6.45, 7) is 6.80. The molecule has 0 aromatic carbocycles. The molecule has 0 radical (unpaired) electrons. The Morgan fingerprint density at radius 1 is 0.621 bits per heavy atom. The second-order valence-corrected chi connectivity index (χ2v) is 8.41.